The van der Waals surface area contributed by atoms with Gasteiger partial charge in [0.15, 0.2) is 5.13 Å². The lowest BCUT2D eigenvalue weighted by Gasteiger charge is -1.91. The fourth-order valence-corrected chi connectivity index (χ4v) is 1.52. The maximum atomic E-state index is 11.0. The van der Waals surface area contributed by atoms with Gasteiger partial charge in [-0.25, -0.2) is 4.98 Å². The van der Waals surface area contributed by atoms with E-state index < -0.39 is 0 Å². The second kappa shape index (κ2) is 4.63. The van der Waals surface area contributed by atoms with Gasteiger partial charge in [-0.2, -0.15) is 0 Å². The molecule has 1 heterocycles. The summed E-state index contributed by atoms with van der Waals surface area (Å²) in [4.78, 5) is 16.2. The molecule has 0 saturated carbocycles. The van der Waals surface area contributed by atoms with Crippen LogP contribution in [0.2, 0.25) is 0 Å². The maximum absolute atomic E-state index is 11.0. The molecule has 1 rings (SSSR count). The molecule has 4 heteroatoms. The summed E-state index contributed by atoms with van der Waals surface area (Å²) in [5.74, 6) is 4.61. The highest BCUT2D eigenvalue weighted by molar-refractivity contribution is 7.15. The van der Waals surface area contributed by atoms with Crippen LogP contribution < -0.4 is 5.32 Å². The third kappa shape index (κ3) is 2.88. The van der Waals surface area contributed by atoms with E-state index in [4.69, 9.17) is 0 Å². The van der Waals surface area contributed by atoms with E-state index in [-0.39, 0.29) is 5.91 Å². The Morgan fingerprint density at radius 2 is 2.54 bits per heavy atom. The van der Waals surface area contributed by atoms with Crippen LogP contribution >= 0.6 is 11.3 Å². The van der Waals surface area contributed by atoms with Crippen molar-refractivity contribution in [2.24, 2.45) is 0 Å². The number of nitrogens with zero attached hydrogens (tertiary/aromatic N) is 1. The molecular weight excluding hydrogens is 184 g/mol. The second-order valence-corrected chi connectivity index (χ2v) is 3.43. The average Bonchev–Trinajstić information content (AvgIpc) is 2.52. The highest BCUT2D eigenvalue weighted by atomic mass is 32.1. The second-order valence-electron chi connectivity index (χ2n) is 2.31. The first-order chi connectivity index (χ1) is 6.26. The Kier molecular flexibility index (Phi) is 3.47. The summed E-state index contributed by atoms with van der Waals surface area (Å²) in [6.45, 7) is 3.67. The molecule has 1 amide bonds. The highest BCUT2D eigenvalue weighted by Gasteiger charge is 2.02. The molecule has 0 aliphatic rings. The molecule has 13 heavy (non-hydrogen) atoms. The van der Waals surface area contributed by atoms with Crippen LogP contribution in [-0.2, 0) is 11.2 Å². The van der Waals surface area contributed by atoms with Gasteiger partial charge in [0, 0.05) is 11.1 Å². The van der Waals surface area contributed by atoms with Gasteiger partial charge in [-0.1, -0.05) is 12.8 Å². The number of aromatic nitrogens is 1. The van der Waals surface area contributed by atoms with E-state index >= 15 is 0 Å². The number of carbonyl (C=O) groups excluding carboxylic acids is 1. The minimum absolute atomic E-state index is 0.306. The van der Waals surface area contributed by atoms with Crippen LogP contribution in [0.25, 0.3) is 0 Å². The van der Waals surface area contributed by atoms with Gasteiger partial charge in [-0.15, -0.1) is 11.3 Å². The largest absolute Gasteiger partial charge is 0.302 e. The molecular formula is C9H10N2OS. The molecule has 68 valence electrons. The molecule has 0 aliphatic heterocycles. The molecule has 0 aromatic carbocycles. The Morgan fingerprint density at radius 3 is 3.08 bits per heavy atom. The zero-order valence-corrected chi connectivity index (χ0v) is 8.36. The Hall–Kier alpha value is -1.34. The van der Waals surface area contributed by atoms with Crippen molar-refractivity contribution in [3.8, 4) is 11.8 Å². The van der Waals surface area contributed by atoms with Gasteiger partial charge in [0.25, 0.3) is 0 Å². The molecule has 0 aliphatic carbocycles. The van der Waals surface area contributed by atoms with Gasteiger partial charge in [-0.3, -0.25) is 10.1 Å². The van der Waals surface area contributed by atoms with Crippen molar-refractivity contribution in [2.45, 2.75) is 20.3 Å². The molecule has 0 atom stereocenters. The van der Waals surface area contributed by atoms with E-state index in [1.165, 1.54) is 11.3 Å². The standard InChI is InChI=1S/C9H10N2OS/c1-3-5-8(12)11-9-10-6-7(4-2)13-9/h6H,4H2,1-2H3,(H,10,11,12). The summed E-state index contributed by atoms with van der Waals surface area (Å²) in [5, 5.41) is 3.21. The fraction of sp³-hybridized carbons (Fsp3) is 0.333. The molecule has 0 unspecified atom stereocenters. The lowest BCUT2D eigenvalue weighted by Crippen LogP contribution is -2.07. The van der Waals surface area contributed by atoms with Crippen molar-refractivity contribution in [1.82, 2.24) is 4.98 Å². The lowest BCUT2D eigenvalue weighted by atomic mass is 10.4. The summed E-state index contributed by atoms with van der Waals surface area (Å²) < 4.78 is 0. The number of thiazole rings is 1. The zero-order valence-electron chi connectivity index (χ0n) is 7.55. The molecule has 0 bridgehead atoms. The predicted molar refractivity (Wildman–Crippen MR) is 53.6 cm³/mol. The summed E-state index contributed by atoms with van der Waals surface area (Å²) in [6.07, 6.45) is 2.70. The van der Waals surface area contributed by atoms with E-state index in [0.717, 1.165) is 11.3 Å². The summed E-state index contributed by atoms with van der Waals surface area (Å²) in [7, 11) is 0. The lowest BCUT2D eigenvalue weighted by molar-refractivity contribution is -0.111. The number of anilines is 1. The van der Waals surface area contributed by atoms with E-state index in [1.54, 1.807) is 13.1 Å². The monoisotopic (exact) mass is 194 g/mol. The van der Waals surface area contributed by atoms with E-state index in [0.29, 0.717) is 5.13 Å². The molecule has 1 aromatic rings. The zero-order chi connectivity index (χ0) is 9.68. The molecule has 1 aromatic heterocycles. The first-order valence-corrected chi connectivity index (χ1v) is 4.76. The van der Waals surface area contributed by atoms with E-state index in [1.807, 2.05) is 6.92 Å². The van der Waals surface area contributed by atoms with Gasteiger partial charge in [0.2, 0.25) is 0 Å². The van der Waals surface area contributed by atoms with E-state index in [2.05, 4.69) is 22.1 Å². The van der Waals surface area contributed by atoms with Gasteiger partial charge in [0.05, 0.1) is 0 Å². The normalized spacial score (nSPS) is 8.77. The third-order valence-electron chi connectivity index (χ3n) is 1.36. The van der Waals surface area contributed by atoms with Crippen LogP contribution in [0, 0.1) is 11.8 Å². The molecule has 0 spiro atoms. The molecule has 1 N–H and O–H groups in total. The number of nitrogens with one attached hydrogen (secondary N) is 1. The predicted octanol–water partition coefficient (Wildman–Crippen LogP) is 1.67. The third-order valence-corrected chi connectivity index (χ3v) is 2.42. The maximum Gasteiger partial charge on any atom is 0.302 e. The number of carbonyl (C=O) groups is 1. The molecule has 0 fully saturated rings. The fourth-order valence-electron chi connectivity index (χ4n) is 0.771. The Balaban J connectivity index is 2.62. The van der Waals surface area contributed by atoms with Crippen molar-refractivity contribution < 1.29 is 4.79 Å². The minimum atomic E-state index is -0.306. The van der Waals surface area contributed by atoms with Gasteiger partial charge in [-0.05, 0) is 19.3 Å². The van der Waals surface area contributed by atoms with Crippen LogP contribution in [0.1, 0.15) is 18.7 Å². The summed E-state index contributed by atoms with van der Waals surface area (Å²) in [6, 6.07) is 0. The topological polar surface area (TPSA) is 42.0 Å². The van der Waals surface area contributed by atoms with E-state index in [9.17, 15) is 4.79 Å². The number of rotatable bonds is 2. The van der Waals surface area contributed by atoms with Gasteiger partial charge >= 0.3 is 5.91 Å². The highest BCUT2D eigenvalue weighted by Crippen LogP contribution is 2.17. The van der Waals surface area contributed by atoms with Crippen LogP contribution in [0.4, 0.5) is 5.13 Å². The average molecular weight is 194 g/mol. The van der Waals surface area contributed by atoms with Crippen molar-refractivity contribution in [3.05, 3.63) is 11.1 Å². The van der Waals surface area contributed by atoms with Crippen LogP contribution in [0.5, 0.6) is 0 Å². The number of amides is 1. The summed E-state index contributed by atoms with van der Waals surface area (Å²) in [5.41, 5.74) is 0. The summed E-state index contributed by atoms with van der Waals surface area (Å²) >= 11 is 1.48. The quantitative estimate of drug-likeness (QED) is 0.728. The van der Waals surface area contributed by atoms with Crippen molar-refractivity contribution >= 4 is 22.4 Å². The Morgan fingerprint density at radius 1 is 1.77 bits per heavy atom. The molecule has 0 saturated heterocycles. The number of hydrogen-bond donors (Lipinski definition) is 1. The van der Waals surface area contributed by atoms with Crippen LogP contribution in [-0.4, -0.2) is 10.9 Å². The smallest absolute Gasteiger partial charge is 0.291 e. The first-order valence-electron chi connectivity index (χ1n) is 3.94. The van der Waals surface area contributed by atoms with Crippen molar-refractivity contribution in [2.75, 3.05) is 5.32 Å². The number of aryl methyl sites for hydroxylation is 1. The van der Waals surface area contributed by atoms with Crippen molar-refractivity contribution in [1.29, 1.82) is 0 Å². The number of hydrogen-bond acceptors (Lipinski definition) is 3. The molecule has 0 radical (unpaired) electrons. The van der Waals surface area contributed by atoms with Crippen LogP contribution in [0.15, 0.2) is 6.20 Å². The Bertz CT molecular complexity index is 359. The first kappa shape index (κ1) is 9.75. The van der Waals surface area contributed by atoms with Crippen molar-refractivity contribution in [3.63, 3.8) is 0 Å². The van der Waals surface area contributed by atoms with Gasteiger partial charge < -0.3 is 0 Å². The van der Waals surface area contributed by atoms with Crippen LogP contribution in [0.3, 0.4) is 0 Å². The minimum Gasteiger partial charge on any atom is -0.291 e. The van der Waals surface area contributed by atoms with Gasteiger partial charge in [0.1, 0.15) is 0 Å². The Labute approximate surface area is 81.2 Å². The molecule has 3 nitrogen and oxygen atoms in total. The SMILES string of the molecule is CC#CC(=O)Nc1ncc(CC)s1.